The molecule has 0 saturated carbocycles. The number of nitrogens with zero attached hydrogens (tertiary/aromatic N) is 1. The standard InChI is InChI=1S/C33H47NO7/c1-32(2,3)41-30(36)25(34(21-23-15-9-7-10-16-23)22-24-17-11-8-12-18-24)19-13-14-20-26(35)27-28-29(31(37-6)38-27)40-33(4,5)39-28/h7-12,15-18,25-29,31,35H,13-14,19-22H2,1-6H3/t25?,26?,27-,28-,29-,31-/m1/s1. The summed E-state index contributed by atoms with van der Waals surface area (Å²) >= 11 is 0. The Morgan fingerprint density at radius 2 is 1.46 bits per heavy atom. The second-order valence-corrected chi connectivity index (χ2v) is 12.5. The van der Waals surface area contributed by atoms with Crippen LogP contribution in [0.1, 0.15) is 71.4 Å². The number of aliphatic hydroxyl groups excluding tert-OH is 1. The molecule has 6 atom stereocenters. The zero-order valence-corrected chi connectivity index (χ0v) is 25.3. The van der Waals surface area contributed by atoms with Gasteiger partial charge in [0.2, 0.25) is 0 Å². The first-order valence-corrected chi connectivity index (χ1v) is 14.7. The molecule has 2 heterocycles. The summed E-state index contributed by atoms with van der Waals surface area (Å²) in [5.74, 6) is -0.983. The van der Waals surface area contributed by atoms with Crippen molar-refractivity contribution < 1.29 is 33.6 Å². The molecule has 2 aromatic carbocycles. The Morgan fingerprint density at radius 3 is 2.00 bits per heavy atom. The van der Waals surface area contributed by atoms with Crippen LogP contribution in [0.5, 0.6) is 0 Å². The van der Waals surface area contributed by atoms with E-state index in [1.54, 1.807) is 7.11 Å². The smallest absolute Gasteiger partial charge is 0.323 e. The largest absolute Gasteiger partial charge is 0.459 e. The Bertz CT molecular complexity index is 1050. The highest BCUT2D eigenvalue weighted by molar-refractivity contribution is 5.76. The molecular weight excluding hydrogens is 522 g/mol. The molecule has 2 aromatic rings. The van der Waals surface area contributed by atoms with Gasteiger partial charge in [-0.1, -0.05) is 73.5 Å². The van der Waals surface area contributed by atoms with Crippen LogP contribution in [0.25, 0.3) is 0 Å². The van der Waals surface area contributed by atoms with Crippen molar-refractivity contribution in [2.24, 2.45) is 0 Å². The number of carbonyl (C=O) groups excluding carboxylic acids is 1. The van der Waals surface area contributed by atoms with Crippen molar-refractivity contribution in [2.75, 3.05) is 7.11 Å². The second kappa shape index (κ2) is 13.8. The molecule has 0 amide bonds. The lowest BCUT2D eigenvalue weighted by Crippen LogP contribution is -2.44. The first-order chi connectivity index (χ1) is 19.5. The average Bonchev–Trinajstić information content (AvgIpc) is 3.41. The number of methoxy groups -OCH3 is 1. The fourth-order valence-corrected chi connectivity index (χ4v) is 5.68. The van der Waals surface area contributed by atoms with Crippen molar-refractivity contribution in [3.05, 3.63) is 71.8 Å². The van der Waals surface area contributed by atoms with Gasteiger partial charge in [-0.25, -0.2) is 0 Å². The number of aliphatic hydroxyl groups is 1. The van der Waals surface area contributed by atoms with Gasteiger partial charge in [-0.15, -0.1) is 0 Å². The average molecular weight is 570 g/mol. The third-order valence-electron chi connectivity index (χ3n) is 7.46. The maximum atomic E-state index is 13.6. The first-order valence-electron chi connectivity index (χ1n) is 14.7. The Balaban J connectivity index is 1.43. The van der Waals surface area contributed by atoms with Crippen LogP contribution < -0.4 is 0 Å². The number of unbranched alkanes of at least 4 members (excludes halogenated alkanes) is 1. The summed E-state index contributed by atoms with van der Waals surface area (Å²) in [5.41, 5.74) is 1.67. The van der Waals surface area contributed by atoms with Crippen molar-refractivity contribution >= 4 is 5.97 Å². The van der Waals surface area contributed by atoms with Crippen molar-refractivity contribution in [1.82, 2.24) is 4.90 Å². The van der Waals surface area contributed by atoms with Crippen LogP contribution in [0.2, 0.25) is 0 Å². The molecule has 0 bridgehead atoms. The molecule has 0 radical (unpaired) electrons. The Morgan fingerprint density at radius 1 is 0.927 bits per heavy atom. The first kappa shape index (κ1) is 31.6. The maximum Gasteiger partial charge on any atom is 0.323 e. The van der Waals surface area contributed by atoms with E-state index in [2.05, 4.69) is 29.2 Å². The minimum Gasteiger partial charge on any atom is -0.459 e. The summed E-state index contributed by atoms with van der Waals surface area (Å²) in [7, 11) is 1.57. The third-order valence-corrected chi connectivity index (χ3v) is 7.46. The van der Waals surface area contributed by atoms with Gasteiger partial charge in [0.1, 0.15) is 30.0 Å². The van der Waals surface area contributed by atoms with Gasteiger partial charge in [0.05, 0.1) is 6.10 Å². The van der Waals surface area contributed by atoms with Gasteiger partial charge in [-0.2, -0.15) is 0 Å². The van der Waals surface area contributed by atoms with Crippen molar-refractivity contribution in [2.45, 2.75) is 122 Å². The zero-order chi connectivity index (χ0) is 29.6. The van der Waals surface area contributed by atoms with Gasteiger partial charge in [-0.05, 0) is 58.6 Å². The molecule has 2 aliphatic heterocycles. The van der Waals surface area contributed by atoms with E-state index < -0.39 is 42.0 Å². The number of hydrogen-bond donors (Lipinski definition) is 1. The van der Waals surface area contributed by atoms with Crippen LogP contribution in [0.3, 0.4) is 0 Å². The third kappa shape index (κ3) is 8.83. The number of esters is 1. The minimum atomic E-state index is -0.754. The molecule has 8 heteroatoms. The highest BCUT2D eigenvalue weighted by atomic mass is 16.8. The summed E-state index contributed by atoms with van der Waals surface area (Å²) in [4.78, 5) is 15.8. The van der Waals surface area contributed by atoms with E-state index >= 15 is 0 Å². The van der Waals surface area contributed by atoms with Crippen molar-refractivity contribution in [3.63, 3.8) is 0 Å². The number of hydrogen-bond acceptors (Lipinski definition) is 8. The van der Waals surface area contributed by atoms with E-state index in [4.69, 9.17) is 23.7 Å². The van der Waals surface area contributed by atoms with Crippen LogP contribution >= 0.6 is 0 Å². The molecule has 2 aliphatic rings. The molecule has 0 aromatic heterocycles. The lowest BCUT2D eigenvalue weighted by Gasteiger charge is -2.33. The Kier molecular flexibility index (Phi) is 10.6. The number of fused-ring (bicyclic) bond motifs is 1. The summed E-state index contributed by atoms with van der Waals surface area (Å²) in [6.45, 7) is 10.6. The van der Waals surface area contributed by atoms with Gasteiger partial charge in [0.25, 0.3) is 0 Å². The number of ether oxygens (including phenoxy) is 5. The molecule has 1 N–H and O–H groups in total. The summed E-state index contributed by atoms with van der Waals surface area (Å²) in [6.07, 6.45) is -0.0859. The predicted octanol–water partition coefficient (Wildman–Crippen LogP) is 5.21. The minimum absolute atomic E-state index is 0.228. The monoisotopic (exact) mass is 569 g/mol. The fraction of sp³-hybridized carbons (Fsp3) is 0.606. The summed E-state index contributed by atoms with van der Waals surface area (Å²) < 4.78 is 29.3. The van der Waals surface area contributed by atoms with Gasteiger partial charge in [0.15, 0.2) is 12.1 Å². The number of carbonyl (C=O) groups is 1. The van der Waals surface area contributed by atoms with Crippen LogP contribution in [0, 0.1) is 0 Å². The molecule has 2 unspecified atom stereocenters. The highest BCUT2D eigenvalue weighted by Crippen LogP contribution is 2.40. The van der Waals surface area contributed by atoms with E-state index in [-0.39, 0.29) is 12.1 Å². The van der Waals surface area contributed by atoms with Crippen LogP contribution in [0.15, 0.2) is 60.7 Å². The lowest BCUT2D eigenvalue weighted by molar-refractivity contribution is -0.237. The summed E-state index contributed by atoms with van der Waals surface area (Å²) in [6, 6.07) is 20.0. The SMILES string of the molecule is CO[C@@H]1O[C@H](C(O)CCCCC(C(=O)OC(C)(C)C)N(Cc2ccccc2)Cc2ccccc2)[C@H]2OC(C)(C)O[C@@H]12. The van der Waals surface area contributed by atoms with Crippen LogP contribution in [-0.4, -0.2) is 71.2 Å². The van der Waals surface area contributed by atoms with Gasteiger partial charge in [0, 0.05) is 20.2 Å². The molecule has 0 aliphatic carbocycles. The molecule has 8 nitrogen and oxygen atoms in total. The lowest BCUT2D eigenvalue weighted by atomic mass is 9.98. The molecule has 41 heavy (non-hydrogen) atoms. The van der Waals surface area contributed by atoms with Gasteiger partial charge in [-0.3, -0.25) is 9.69 Å². The topological polar surface area (TPSA) is 86.7 Å². The van der Waals surface area contributed by atoms with Crippen molar-refractivity contribution in [3.8, 4) is 0 Å². The molecule has 4 rings (SSSR count). The van der Waals surface area contributed by atoms with Gasteiger partial charge >= 0.3 is 5.97 Å². The summed E-state index contributed by atoms with van der Waals surface area (Å²) in [5, 5.41) is 11.1. The number of benzene rings is 2. The molecular formula is C33H47NO7. The quantitative estimate of drug-likeness (QED) is 0.260. The Labute approximate surface area is 244 Å². The maximum absolute atomic E-state index is 13.6. The van der Waals surface area contributed by atoms with E-state index in [9.17, 15) is 9.90 Å². The molecule has 0 spiro atoms. The Hall–Kier alpha value is -2.33. The van der Waals surface area contributed by atoms with Crippen LogP contribution in [-0.2, 0) is 41.6 Å². The fourth-order valence-electron chi connectivity index (χ4n) is 5.68. The highest BCUT2D eigenvalue weighted by Gasteiger charge is 2.57. The molecule has 2 saturated heterocycles. The van der Waals surface area contributed by atoms with Crippen LogP contribution in [0.4, 0.5) is 0 Å². The van der Waals surface area contributed by atoms with E-state index in [0.29, 0.717) is 32.4 Å². The van der Waals surface area contributed by atoms with E-state index in [1.807, 2.05) is 71.0 Å². The number of rotatable bonds is 13. The van der Waals surface area contributed by atoms with E-state index in [1.165, 1.54) is 0 Å². The normalized spacial score (nSPS) is 25.2. The van der Waals surface area contributed by atoms with Gasteiger partial charge < -0.3 is 28.8 Å². The predicted molar refractivity (Wildman–Crippen MR) is 156 cm³/mol. The van der Waals surface area contributed by atoms with E-state index in [0.717, 1.165) is 17.5 Å². The van der Waals surface area contributed by atoms with Crippen molar-refractivity contribution in [1.29, 1.82) is 0 Å². The zero-order valence-electron chi connectivity index (χ0n) is 25.3. The molecule has 2 fully saturated rings. The molecule has 226 valence electrons. The second-order valence-electron chi connectivity index (χ2n) is 12.5.